The van der Waals surface area contributed by atoms with Crippen LogP contribution in [0.15, 0.2) is 57.6 Å². The summed E-state index contributed by atoms with van der Waals surface area (Å²) >= 11 is 1.61. The first-order chi connectivity index (χ1) is 13.3. The van der Waals surface area contributed by atoms with E-state index in [1.807, 2.05) is 35.7 Å². The number of pyridine rings is 1. The summed E-state index contributed by atoms with van der Waals surface area (Å²) in [6.45, 7) is 2.22. The summed E-state index contributed by atoms with van der Waals surface area (Å²) in [4.78, 5) is 16.4. The van der Waals surface area contributed by atoms with Gasteiger partial charge in [-0.3, -0.25) is 4.99 Å². The summed E-state index contributed by atoms with van der Waals surface area (Å²) in [5.74, 6) is 2.15. The second-order valence-corrected chi connectivity index (χ2v) is 7.11. The summed E-state index contributed by atoms with van der Waals surface area (Å²) in [6.07, 6.45) is 4.47. The minimum absolute atomic E-state index is 0. The van der Waals surface area contributed by atoms with E-state index in [2.05, 4.69) is 25.2 Å². The Morgan fingerprint density at radius 1 is 1.39 bits per heavy atom. The van der Waals surface area contributed by atoms with Crippen LogP contribution < -0.4 is 10.1 Å². The van der Waals surface area contributed by atoms with Gasteiger partial charge in [0, 0.05) is 32.3 Å². The van der Waals surface area contributed by atoms with Gasteiger partial charge in [-0.2, -0.15) is 0 Å². The highest BCUT2D eigenvalue weighted by atomic mass is 127. The van der Waals surface area contributed by atoms with Crippen LogP contribution in [-0.4, -0.2) is 47.1 Å². The van der Waals surface area contributed by atoms with Crippen LogP contribution in [0.3, 0.4) is 0 Å². The first-order valence-corrected chi connectivity index (χ1v) is 9.71. The molecule has 1 aliphatic heterocycles. The minimum Gasteiger partial charge on any atom is -0.472 e. The number of nitrogens with zero attached hydrogens (tertiary/aromatic N) is 4. The molecule has 0 aromatic carbocycles. The molecule has 7 nitrogen and oxygen atoms in total. The lowest BCUT2D eigenvalue weighted by Crippen LogP contribution is -2.40. The highest BCUT2D eigenvalue weighted by Gasteiger charge is 2.26. The molecule has 0 aliphatic carbocycles. The van der Waals surface area contributed by atoms with Gasteiger partial charge in [0.1, 0.15) is 12.4 Å². The van der Waals surface area contributed by atoms with E-state index >= 15 is 0 Å². The molecule has 0 spiro atoms. The molecule has 1 unspecified atom stereocenters. The lowest BCUT2D eigenvalue weighted by Gasteiger charge is -2.21. The van der Waals surface area contributed by atoms with Crippen molar-refractivity contribution in [1.82, 2.24) is 20.2 Å². The summed E-state index contributed by atoms with van der Waals surface area (Å²) in [6, 6.07) is 9.68. The fraction of sp³-hybridized carbons (Fsp3) is 0.316. The Labute approximate surface area is 184 Å². The summed E-state index contributed by atoms with van der Waals surface area (Å²) in [5, 5.41) is 5.37. The first-order valence-electron chi connectivity index (χ1n) is 8.83. The molecule has 1 atom stereocenters. The van der Waals surface area contributed by atoms with E-state index in [1.165, 1.54) is 0 Å². The Morgan fingerprint density at radius 3 is 3.07 bits per heavy atom. The zero-order valence-electron chi connectivity index (χ0n) is 15.4. The van der Waals surface area contributed by atoms with Crippen molar-refractivity contribution in [1.29, 1.82) is 0 Å². The van der Waals surface area contributed by atoms with E-state index in [9.17, 15) is 0 Å². The van der Waals surface area contributed by atoms with Crippen LogP contribution in [0.4, 0.5) is 0 Å². The lowest BCUT2D eigenvalue weighted by molar-refractivity contribution is 0.205. The molecule has 1 fully saturated rings. The van der Waals surface area contributed by atoms with E-state index < -0.39 is 0 Å². The molecular weight excluding hydrogens is 489 g/mol. The number of aromatic nitrogens is 2. The third kappa shape index (κ3) is 5.02. The van der Waals surface area contributed by atoms with E-state index in [4.69, 9.17) is 9.15 Å². The molecule has 4 rings (SSSR count). The quantitative estimate of drug-likeness (QED) is 0.320. The lowest BCUT2D eigenvalue weighted by atomic mass is 10.3. The van der Waals surface area contributed by atoms with Crippen molar-refractivity contribution in [3.63, 3.8) is 0 Å². The number of nitrogens with one attached hydrogen (secondary N) is 1. The average molecular weight is 511 g/mol. The van der Waals surface area contributed by atoms with Crippen molar-refractivity contribution >= 4 is 41.3 Å². The number of guanidine groups is 1. The van der Waals surface area contributed by atoms with Crippen LogP contribution in [0.1, 0.15) is 12.1 Å². The van der Waals surface area contributed by atoms with Crippen LogP contribution in [0.2, 0.25) is 0 Å². The molecular formula is C19H22IN5O2S. The SMILES string of the molecule is CN=C(NCc1coc(-c2cccs2)n1)N1CCC(Oc2ccccn2)C1.I. The Morgan fingerprint density at radius 2 is 2.32 bits per heavy atom. The number of likely N-dealkylation sites (tertiary alicyclic amines) is 1. The van der Waals surface area contributed by atoms with Gasteiger partial charge in [0.15, 0.2) is 5.96 Å². The average Bonchev–Trinajstić information content (AvgIpc) is 3.45. The van der Waals surface area contributed by atoms with Crippen LogP contribution in [-0.2, 0) is 6.54 Å². The maximum absolute atomic E-state index is 5.95. The van der Waals surface area contributed by atoms with E-state index in [-0.39, 0.29) is 30.1 Å². The predicted molar refractivity (Wildman–Crippen MR) is 120 cm³/mol. The van der Waals surface area contributed by atoms with Crippen LogP contribution in [0.5, 0.6) is 5.88 Å². The van der Waals surface area contributed by atoms with Gasteiger partial charge >= 0.3 is 0 Å². The molecule has 0 radical (unpaired) electrons. The molecule has 3 aromatic heterocycles. The van der Waals surface area contributed by atoms with Crippen molar-refractivity contribution in [3.05, 3.63) is 53.9 Å². The summed E-state index contributed by atoms with van der Waals surface area (Å²) in [5.41, 5.74) is 0.847. The van der Waals surface area contributed by atoms with Crippen LogP contribution >= 0.6 is 35.3 Å². The van der Waals surface area contributed by atoms with Gasteiger partial charge in [-0.15, -0.1) is 35.3 Å². The number of hydrogen-bond acceptors (Lipinski definition) is 6. The topological polar surface area (TPSA) is 75.8 Å². The number of aliphatic imine (C=N–C) groups is 1. The maximum Gasteiger partial charge on any atom is 0.236 e. The van der Waals surface area contributed by atoms with Gasteiger partial charge in [0.2, 0.25) is 11.8 Å². The molecule has 148 valence electrons. The standard InChI is InChI=1S/C19H21N5O2S.HI/c1-20-19(22-11-14-13-25-18(23-14)16-5-4-10-27-16)24-9-7-15(12-24)26-17-6-2-3-8-21-17;/h2-6,8,10,13,15H,7,9,11-12H2,1H3,(H,20,22);1H. The molecule has 3 aromatic rings. The van der Waals surface area contributed by atoms with Gasteiger partial charge in [0.05, 0.1) is 23.7 Å². The van der Waals surface area contributed by atoms with Gasteiger partial charge in [-0.1, -0.05) is 12.1 Å². The molecule has 4 heterocycles. The Balaban J connectivity index is 0.00000225. The highest BCUT2D eigenvalue weighted by Crippen LogP contribution is 2.23. The predicted octanol–water partition coefficient (Wildman–Crippen LogP) is 3.64. The van der Waals surface area contributed by atoms with Crippen molar-refractivity contribution in [2.24, 2.45) is 4.99 Å². The monoisotopic (exact) mass is 511 g/mol. The Bertz CT molecular complexity index is 885. The van der Waals surface area contributed by atoms with Crippen molar-refractivity contribution < 1.29 is 9.15 Å². The third-order valence-corrected chi connectivity index (χ3v) is 5.15. The molecule has 0 bridgehead atoms. The number of rotatable bonds is 5. The van der Waals surface area contributed by atoms with Crippen molar-refractivity contribution in [3.8, 4) is 16.6 Å². The summed E-state index contributed by atoms with van der Waals surface area (Å²) < 4.78 is 11.5. The van der Waals surface area contributed by atoms with Gasteiger partial charge in [-0.25, -0.2) is 9.97 Å². The second-order valence-electron chi connectivity index (χ2n) is 6.16. The zero-order valence-corrected chi connectivity index (χ0v) is 18.6. The fourth-order valence-corrected chi connectivity index (χ4v) is 3.66. The van der Waals surface area contributed by atoms with Gasteiger partial charge in [-0.05, 0) is 17.5 Å². The molecule has 0 amide bonds. The summed E-state index contributed by atoms with van der Waals surface area (Å²) in [7, 11) is 1.79. The normalized spacial score (nSPS) is 16.7. The second kappa shape index (κ2) is 9.87. The van der Waals surface area contributed by atoms with Gasteiger partial charge in [0.25, 0.3) is 0 Å². The molecule has 28 heavy (non-hydrogen) atoms. The van der Waals surface area contributed by atoms with Crippen molar-refractivity contribution in [2.75, 3.05) is 20.1 Å². The maximum atomic E-state index is 5.95. The fourth-order valence-electron chi connectivity index (χ4n) is 3.01. The number of ether oxygens (including phenoxy) is 1. The molecule has 9 heteroatoms. The van der Waals surface area contributed by atoms with E-state index in [1.54, 1.807) is 30.8 Å². The van der Waals surface area contributed by atoms with Gasteiger partial charge < -0.3 is 19.4 Å². The van der Waals surface area contributed by atoms with Crippen LogP contribution in [0.25, 0.3) is 10.8 Å². The highest BCUT2D eigenvalue weighted by molar-refractivity contribution is 14.0. The largest absolute Gasteiger partial charge is 0.472 e. The smallest absolute Gasteiger partial charge is 0.236 e. The van der Waals surface area contributed by atoms with Crippen LogP contribution in [0, 0.1) is 0 Å². The number of oxazole rings is 1. The Kier molecular flexibility index (Phi) is 7.26. The first kappa shape index (κ1) is 20.6. The molecule has 1 aliphatic rings. The number of halogens is 1. The number of hydrogen-bond donors (Lipinski definition) is 1. The zero-order chi connectivity index (χ0) is 18.5. The van der Waals surface area contributed by atoms with E-state index in [0.717, 1.165) is 36.0 Å². The van der Waals surface area contributed by atoms with Crippen molar-refractivity contribution in [2.45, 2.75) is 19.1 Å². The minimum atomic E-state index is 0. The Hall–Kier alpha value is -2.14. The molecule has 1 N–H and O–H groups in total. The third-order valence-electron chi connectivity index (χ3n) is 4.29. The molecule has 0 saturated carbocycles. The van der Waals surface area contributed by atoms with E-state index in [0.29, 0.717) is 18.3 Å². The molecule has 1 saturated heterocycles. The number of thiophene rings is 1.